The van der Waals surface area contributed by atoms with Gasteiger partial charge in [-0.25, -0.2) is 8.78 Å². The van der Waals surface area contributed by atoms with Crippen molar-refractivity contribution < 1.29 is 28.2 Å². The number of anilines is 1. The molecular formula is C23H33F2N5O4. The maximum atomic E-state index is 13.5. The minimum atomic E-state index is -2.67. The number of aliphatic hydroxyl groups excluding tert-OH is 1. The number of carbonyl (C=O) groups excluding carboxylic acids is 2. The van der Waals surface area contributed by atoms with Crippen molar-refractivity contribution in [1.82, 2.24) is 19.8 Å². The molecule has 4 rings (SSSR count). The second-order valence-electron chi connectivity index (χ2n) is 9.57. The summed E-state index contributed by atoms with van der Waals surface area (Å²) in [5, 5.41) is 13.3. The molecule has 2 aliphatic heterocycles. The van der Waals surface area contributed by atoms with E-state index in [4.69, 9.17) is 4.74 Å². The Morgan fingerprint density at radius 2 is 1.79 bits per heavy atom. The molecule has 3 aliphatic rings. The number of piperidine rings is 2. The van der Waals surface area contributed by atoms with Crippen LogP contribution in [0.1, 0.15) is 68.8 Å². The lowest BCUT2D eigenvalue weighted by Crippen LogP contribution is -2.42. The average Bonchev–Trinajstić information content (AvgIpc) is 2.80. The molecule has 1 aromatic heterocycles. The van der Waals surface area contributed by atoms with Crippen molar-refractivity contribution in [1.29, 1.82) is 0 Å². The van der Waals surface area contributed by atoms with Crippen molar-refractivity contribution in [2.24, 2.45) is 0 Å². The SMILES string of the molecule is CC(=O)N1CCC(Nc2cc(C(=O)N3CCCC(O)C3)nc(OC3CCC(F)(F)CC3)n2)CC1. The van der Waals surface area contributed by atoms with Gasteiger partial charge in [-0.15, -0.1) is 0 Å². The fraction of sp³-hybridized carbons (Fsp3) is 0.739. The summed E-state index contributed by atoms with van der Waals surface area (Å²) in [4.78, 5) is 36.8. The molecule has 11 heteroatoms. The zero-order chi connectivity index (χ0) is 24.3. The van der Waals surface area contributed by atoms with Gasteiger partial charge in [0.1, 0.15) is 17.6 Å². The predicted octanol–water partition coefficient (Wildman–Crippen LogP) is 2.45. The van der Waals surface area contributed by atoms with Gasteiger partial charge >= 0.3 is 6.01 Å². The fourth-order valence-corrected chi connectivity index (χ4v) is 4.79. The highest BCUT2D eigenvalue weighted by Crippen LogP contribution is 2.34. The molecule has 34 heavy (non-hydrogen) atoms. The molecule has 3 fully saturated rings. The lowest BCUT2D eigenvalue weighted by molar-refractivity contribution is -0.129. The van der Waals surface area contributed by atoms with E-state index >= 15 is 0 Å². The van der Waals surface area contributed by atoms with Crippen LogP contribution in [0, 0.1) is 0 Å². The molecule has 1 saturated carbocycles. The van der Waals surface area contributed by atoms with E-state index in [2.05, 4.69) is 15.3 Å². The Balaban J connectivity index is 1.50. The monoisotopic (exact) mass is 481 g/mol. The summed E-state index contributed by atoms with van der Waals surface area (Å²) in [5.74, 6) is -2.52. The molecule has 0 radical (unpaired) electrons. The number of carbonyl (C=O) groups is 2. The summed E-state index contributed by atoms with van der Waals surface area (Å²) >= 11 is 0. The first-order valence-corrected chi connectivity index (χ1v) is 12.1. The van der Waals surface area contributed by atoms with Crippen LogP contribution in [0.15, 0.2) is 6.07 Å². The Morgan fingerprint density at radius 1 is 1.09 bits per heavy atom. The molecular weight excluding hydrogens is 448 g/mol. The van der Waals surface area contributed by atoms with Gasteiger partial charge in [-0.05, 0) is 38.5 Å². The molecule has 188 valence electrons. The summed E-state index contributed by atoms with van der Waals surface area (Å²) in [6.45, 7) is 3.59. The molecule has 0 spiro atoms. The lowest BCUT2D eigenvalue weighted by Gasteiger charge is -2.32. The first-order valence-electron chi connectivity index (χ1n) is 12.1. The zero-order valence-electron chi connectivity index (χ0n) is 19.5. The molecule has 9 nitrogen and oxygen atoms in total. The second kappa shape index (κ2) is 10.4. The van der Waals surface area contributed by atoms with E-state index in [0.29, 0.717) is 38.3 Å². The molecule has 1 aliphatic carbocycles. The van der Waals surface area contributed by atoms with Gasteiger partial charge < -0.3 is 25.0 Å². The number of aromatic nitrogens is 2. The third kappa shape index (κ3) is 6.31. The van der Waals surface area contributed by atoms with Crippen LogP contribution in [0.5, 0.6) is 6.01 Å². The summed E-state index contributed by atoms with van der Waals surface area (Å²) in [5.41, 5.74) is 0.143. The van der Waals surface area contributed by atoms with E-state index in [1.165, 1.54) is 0 Å². The van der Waals surface area contributed by atoms with E-state index in [9.17, 15) is 23.5 Å². The first-order chi connectivity index (χ1) is 16.2. The van der Waals surface area contributed by atoms with Gasteiger partial charge in [-0.3, -0.25) is 9.59 Å². The molecule has 1 atom stereocenters. The number of amides is 2. The number of rotatable bonds is 5. The van der Waals surface area contributed by atoms with Crippen LogP contribution in [-0.4, -0.2) is 87.0 Å². The van der Waals surface area contributed by atoms with Crippen LogP contribution in [0.25, 0.3) is 0 Å². The van der Waals surface area contributed by atoms with Crippen LogP contribution in [0.3, 0.4) is 0 Å². The van der Waals surface area contributed by atoms with Gasteiger partial charge in [0.2, 0.25) is 11.8 Å². The van der Waals surface area contributed by atoms with Crippen LogP contribution in [-0.2, 0) is 4.79 Å². The highest BCUT2D eigenvalue weighted by Gasteiger charge is 2.36. The van der Waals surface area contributed by atoms with E-state index in [-0.39, 0.29) is 61.8 Å². The number of aliphatic hydroxyl groups is 1. The quantitative estimate of drug-likeness (QED) is 0.665. The molecule has 2 N–H and O–H groups in total. The minimum absolute atomic E-state index is 0.0118. The Bertz CT molecular complexity index is 884. The van der Waals surface area contributed by atoms with Gasteiger partial charge in [-0.2, -0.15) is 9.97 Å². The zero-order valence-corrected chi connectivity index (χ0v) is 19.5. The lowest BCUT2D eigenvalue weighted by atomic mass is 9.94. The van der Waals surface area contributed by atoms with Crippen molar-refractivity contribution in [3.8, 4) is 6.01 Å². The summed E-state index contributed by atoms with van der Waals surface area (Å²) < 4.78 is 32.9. The van der Waals surface area contributed by atoms with Gasteiger partial charge in [0, 0.05) is 58.1 Å². The average molecular weight is 482 g/mol. The molecule has 0 bridgehead atoms. The number of hydrogen-bond acceptors (Lipinski definition) is 7. The highest BCUT2D eigenvalue weighted by atomic mass is 19.3. The number of β-amino-alcohol motifs (C(OH)–C–C–N with tert-alkyl or cyclic N) is 1. The Kier molecular flexibility index (Phi) is 7.49. The molecule has 3 heterocycles. The van der Waals surface area contributed by atoms with Crippen LogP contribution < -0.4 is 10.1 Å². The topological polar surface area (TPSA) is 108 Å². The normalized spacial score (nSPS) is 24.1. The van der Waals surface area contributed by atoms with Crippen LogP contribution >= 0.6 is 0 Å². The number of ether oxygens (including phenoxy) is 1. The van der Waals surface area contributed by atoms with Crippen molar-refractivity contribution in [3.05, 3.63) is 11.8 Å². The third-order valence-corrected chi connectivity index (χ3v) is 6.84. The number of hydrogen-bond donors (Lipinski definition) is 2. The standard InChI is InChI=1S/C23H33F2N5O4/c1-15(31)29-11-6-16(7-12-29)26-20-13-19(21(33)30-10-2-3-17(32)14-30)27-22(28-20)34-18-4-8-23(24,25)9-5-18/h13,16-18,32H,2-12,14H2,1H3,(H,26,27,28). The number of halogens is 2. The van der Waals surface area contributed by atoms with Gasteiger partial charge in [0.05, 0.1) is 6.10 Å². The summed E-state index contributed by atoms with van der Waals surface area (Å²) in [7, 11) is 0. The highest BCUT2D eigenvalue weighted by molar-refractivity contribution is 5.93. The minimum Gasteiger partial charge on any atom is -0.460 e. The van der Waals surface area contributed by atoms with E-state index in [1.807, 2.05) is 0 Å². The smallest absolute Gasteiger partial charge is 0.319 e. The Labute approximate surface area is 197 Å². The van der Waals surface area contributed by atoms with Crippen molar-refractivity contribution >= 4 is 17.6 Å². The van der Waals surface area contributed by atoms with Crippen molar-refractivity contribution in [2.75, 3.05) is 31.5 Å². The Morgan fingerprint density at radius 3 is 2.44 bits per heavy atom. The third-order valence-electron chi connectivity index (χ3n) is 6.84. The summed E-state index contributed by atoms with van der Waals surface area (Å²) in [6, 6.07) is 1.62. The second-order valence-corrected chi connectivity index (χ2v) is 9.57. The molecule has 2 amide bonds. The summed E-state index contributed by atoms with van der Waals surface area (Å²) in [6.07, 6.45) is 1.72. The molecule has 1 aromatic rings. The fourth-order valence-electron chi connectivity index (χ4n) is 4.79. The van der Waals surface area contributed by atoms with Crippen molar-refractivity contribution in [2.45, 2.75) is 82.5 Å². The van der Waals surface area contributed by atoms with Crippen LogP contribution in [0.4, 0.5) is 14.6 Å². The Hall–Kier alpha value is -2.56. The van der Waals surface area contributed by atoms with E-state index < -0.39 is 18.1 Å². The van der Waals surface area contributed by atoms with Gasteiger partial charge in [-0.1, -0.05) is 0 Å². The van der Waals surface area contributed by atoms with Crippen LogP contribution in [0.2, 0.25) is 0 Å². The number of nitrogens with one attached hydrogen (secondary N) is 1. The molecule has 2 saturated heterocycles. The van der Waals surface area contributed by atoms with Gasteiger partial charge in [0.25, 0.3) is 5.91 Å². The largest absolute Gasteiger partial charge is 0.460 e. The number of likely N-dealkylation sites (tertiary alicyclic amines) is 2. The predicted molar refractivity (Wildman–Crippen MR) is 120 cm³/mol. The van der Waals surface area contributed by atoms with Crippen molar-refractivity contribution in [3.63, 3.8) is 0 Å². The number of nitrogens with zero attached hydrogens (tertiary/aromatic N) is 4. The van der Waals surface area contributed by atoms with E-state index in [1.54, 1.807) is 22.8 Å². The molecule has 1 unspecified atom stereocenters. The maximum Gasteiger partial charge on any atom is 0.319 e. The molecule has 0 aromatic carbocycles. The van der Waals surface area contributed by atoms with Gasteiger partial charge in [0.15, 0.2) is 0 Å². The first kappa shape index (κ1) is 24.6. The number of alkyl halides is 2. The maximum absolute atomic E-state index is 13.5. The van der Waals surface area contributed by atoms with E-state index in [0.717, 1.165) is 12.8 Å².